The third-order valence-electron chi connectivity index (χ3n) is 0.594. The molecule has 0 aromatic heterocycles. The van der Waals surface area contributed by atoms with Crippen LogP contribution >= 0.6 is 0 Å². The summed E-state index contributed by atoms with van der Waals surface area (Å²) >= 11 is 0. The zero-order chi connectivity index (χ0) is 5.70. The Morgan fingerprint density at radius 1 is 1.50 bits per heavy atom. The van der Waals surface area contributed by atoms with E-state index in [9.17, 15) is 4.79 Å². The van der Waals surface area contributed by atoms with Crippen molar-refractivity contribution in [2.75, 3.05) is 6.61 Å². The Labute approximate surface area is 60.6 Å². The van der Waals surface area contributed by atoms with Crippen molar-refractivity contribution in [1.82, 2.24) is 0 Å². The van der Waals surface area contributed by atoms with Crippen LogP contribution in [0, 0.1) is 0 Å². The van der Waals surface area contributed by atoms with E-state index >= 15 is 0 Å². The molecule has 0 fully saturated rings. The Balaban J connectivity index is 0. The first kappa shape index (κ1) is 10.9. The van der Waals surface area contributed by atoms with Gasteiger partial charge in [0.25, 0.3) is 0 Å². The molecule has 0 aromatic carbocycles. The van der Waals surface area contributed by atoms with Gasteiger partial charge < -0.3 is 4.74 Å². The van der Waals surface area contributed by atoms with Gasteiger partial charge in [0.15, 0.2) is 0 Å². The average molecular weight is 175 g/mol. The summed E-state index contributed by atoms with van der Waals surface area (Å²) in [5.41, 5.74) is 0. The van der Waals surface area contributed by atoms with Gasteiger partial charge in [0.05, 0.1) is 6.61 Å². The van der Waals surface area contributed by atoms with E-state index in [0.29, 0.717) is 13.0 Å². The molecule has 0 saturated carbocycles. The van der Waals surface area contributed by atoms with E-state index in [0.717, 1.165) is 0 Å². The smallest absolute Gasteiger partial charge is 0.305 e. The summed E-state index contributed by atoms with van der Waals surface area (Å²) in [4.78, 5) is 10.2. The minimum atomic E-state index is -0.123. The summed E-state index contributed by atoms with van der Waals surface area (Å²) in [5.74, 6) is -0.123. The molecule has 0 aliphatic rings. The van der Waals surface area contributed by atoms with Gasteiger partial charge in [-0.25, -0.2) is 0 Å². The molecule has 0 spiro atoms. The van der Waals surface area contributed by atoms with Gasteiger partial charge in [-0.15, -0.1) is 0 Å². The Kier molecular flexibility index (Phi) is 9.55. The largest absolute Gasteiger partial charge is 0.466 e. The fourth-order valence-corrected chi connectivity index (χ4v) is 0.263. The summed E-state index contributed by atoms with van der Waals surface area (Å²) < 4.78 is 4.55. The Morgan fingerprint density at radius 3 is 2.12 bits per heavy atom. The second-order valence-electron chi connectivity index (χ2n) is 1.16. The van der Waals surface area contributed by atoms with Crippen LogP contribution < -0.4 is 0 Å². The Hall–Kier alpha value is 0.0129. The quantitative estimate of drug-likeness (QED) is 0.452. The van der Waals surface area contributed by atoms with E-state index in [1.165, 1.54) is 0 Å². The fraction of sp³-hybridized carbons (Fsp3) is 0.800. The SMILES string of the molecule is CCOC(=O)CC.[Ge]. The molecule has 4 radical (unpaired) electrons. The van der Waals surface area contributed by atoms with Gasteiger partial charge in [-0.05, 0) is 6.92 Å². The Morgan fingerprint density at radius 2 is 2.00 bits per heavy atom. The van der Waals surface area contributed by atoms with Crippen molar-refractivity contribution >= 4 is 23.6 Å². The maximum Gasteiger partial charge on any atom is 0.305 e. The van der Waals surface area contributed by atoms with Crippen molar-refractivity contribution in [1.29, 1.82) is 0 Å². The summed E-state index contributed by atoms with van der Waals surface area (Å²) in [6, 6.07) is 0. The molecule has 46 valence electrons. The van der Waals surface area contributed by atoms with Gasteiger partial charge in [0.2, 0.25) is 0 Å². The van der Waals surface area contributed by atoms with Gasteiger partial charge in [-0.3, -0.25) is 4.79 Å². The van der Waals surface area contributed by atoms with Crippen molar-refractivity contribution in [3.8, 4) is 0 Å². The number of carbonyl (C=O) groups is 1. The first-order valence-corrected chi connectivity index (χ1v) is 2.46. The van der Waals surface area contributed by atoms with E-state index in [1.807, 2.05) is 0 Å². The van der Waals surface area contributed by atoms with Crippen molar-refractivity contribution < 1.29 is 9.53 Å². The summed E-state index contributed by atoms with van der Waals surface area (Å²) in [6.07, 6.45) is 0.480. The van der Waals surface area contributed by atoms with E-state index in [1.54, 1.807) is 13.8 Å². The van der Waals surface area contributed by atoms with Crippen molar-refractivity contribution in [3.05, 3.63) is 0 Å². The van der Waals surface area contributed by atoms with Gasteiger partial charge in [0, 0.05) is 24.0 Å². The molecule has 0 rings (SSSR count). The van der Waals surface area contributed by atoms with Crippen LogP contribution in [0.3, 0.4) is 0 Å². The molecular weight excluding hydrogens is 165 g/mol. The number of hydrogen-bond donors (Lipinski definition) is 0. The first-order valence-electron chi connectivity index (χ1n) is 2.46. The zero-order valence-corrected chi connectivity index (χ0v) is 7.33. The van der Waals surface area contributed by atoms with Crippen LogP contribution in [0.25, 0.3) is 0 Å². The Bertz CT molecular complexity index is 63.4. The molecule has 3 heteroatoms. The predicted octanol–water partition coefficient (Wildman–Crippen LogP) is 0.579. The molecule has 0 aromatic rings. The summed E-state index contributed by atoms with van der Waals surface area (Å²) in [6.45, 7) is 4.07. The molecule has 0 amide bonds. The molecular formula is C5H10GeO2. The van der Waals surface area contributed by atoms with Crippen LogP contribution in [0.15, 0.2) is 0 Å². The minimum absolute atomic E-state index is 0. The molecule has 0 unspecified atom stereocenters. The summed E-state index contributed by atoms with van der Waals surface area (Å²) in [7, 11) is 0. The average Bonchev–Trinajstić information content (AvgIpc) is 1.68. The van der Waals surface area contributed by atoms with Crippen molar-refractivity contribution in [2.24, 2.45) is 0 Å². The molecule has 0 heterocycles. The molecule has 0 saturated heterocycles. The van der Waals surface area contributed by atoms with E-state index in [-0.39, 0.29) is 23.6 Å². The number of rotatable bonds is 2. The second kappa shape index (κ2) is 7.01. The predicted molar refractivity (Wildman–Crippen MR) is 32.7 cm³/mol. The molecule has 0 N–H and O–H groups in total. The van der Waals surface area contributed by atoms with Crippen molar-refractivity contribution in [2.45, 2.75) is 20.3 Å². The third kappa shape index (κ3) is 6.01. The van der Waals surface area contributed by atoms with Crippen LogP contribution in [0.1, 0.15) is 20.3 Å². The summed E-state index contributed by atoms with van der Waals surface area (Å²) in [5, 5.41) is 0. The van der Waals surface area contributed by atoms with Crippen molar-refractivity contribution in [3.63, 3.8) is 0 Å². The minimum Gasteiger partial charge on any atom is -0.466 e. The maximum absolute atomic E-state index is 10.2. The molecule has 2 nitrogen and oxygen atoms in total. The number of ether oxygens (including phenoxy) is 1. The number of hydrogen-bond acceptors (Lipinski definition) is 2. The standard InChI is InChI=1S/C5H10O2.Ge/c1-3-5(6)7-4-2;/h3-4H2,1-2H3;. The van der Waals surface area contributed by atoms with Gasteiger partial charge in [-0.1, -0.05) is 6.92 Å². The number of esters is 1. The molecule has 0 aliphatic heterocycles. The van der Waals surface area contributed by atoms with E-state index in [4.69, 9.17) is 0 Å². The fourth-order valence-electron chi connectivity index (χ4n) is 0.263. The zero-order valence-electron chi connectivity index (χ0n) is 5.23. The van der Waals surface area contributed by atoms with Crippen LogP contribution in [0.5, 0.6) is 0 Å². The first-order chi connectivity index (χ1) is 3.31. The van der Waals surface area contributed by atoms with E-state index < -0.39 is 0 Å². The van der Waals surface area contributed by atoms with Crippen LogP contribution in [-0.4, -0.2) is 30.2 Å². The monoisotopic (exact) mass is 176 g/mol. The maximum atomic E-state index is 10.2. The second-order valence-corrected chi connectivity index (χ2v) is 1.16. The van der Waals surface area contributed by atoms with Crippen LogP contribution in [0.4, 0.5) is 0 Å². The number of carbonyl (C=O) groups excluding carboxylic acids is 1. The molecule has 0 bridgehead atoms. The van der Waals surface area contributed by atoms with Gasteiger partial charge in [0.1, 0.15) is 0 Å². The molecule has 8 heavy (non-hydrogen) atoms. The molecule has 0 atom stereocenters. The van der Waals surface area contributed by atoms with Crippen LogP contribution in [-0.2, 0) is 9.53 Å². The third-order valence-corrected chi connectivity index (χ3v) is 0.594. The topological polar surface area (TPSA) is 26.3 Å². The normalized spacial score (nSPS) is 7.25. The van der Waals surface area contributed by atoms with Gasteiger partial charge in [-0.2, -0.15) is 0 Å². The van der Waals surface area contributed by atoms with Gasteiger partial charge >= 0.3 is 5.97 Å². The van der Waals surface area contributed by atoms with E-state index in [2.05, 4.69) is 4.74 Å². The van der Waals surface area contributed by atoms with Crippen LogP contribution in [0.2, 0.25) is 0 Å². The molecule has 0 aliphatic carbocycles.